The summed E-state index contributed by atoms with van der Waals surface area (Å²) < 4.78 is 0. The molecule has 0 spiro atoms. The number of thiol groups is 1. The smallest absolute Gasteiger partial charge is 0.0456 e. The van der Waals surface area contributed by atoms with Gasteiger partial charge in [-0.15, -0.1) is 0 Å². The molecule has 1 aromatic heterocycles. The molecule has 0 aliphatic rings. The van der Waals surface area contributed by atoms with Gasteiger partial charge in [-0.05, 0) is 43.3 Å². The van der Waals surface area contributed by atoms with Crippen molar-refractivity contribution in [1.29, 1.82) is 0 Å². The van der Waals surface area contributed by atoms with E-state index in [1.807, 2.05) is 0 Å². The van der Waals surface area contributed by atoms with Gasteiger partial charge >= 0.3 is 0 Å². The van der Waals surface area contributed by atoms with E-state index in [0.717, 1.165) is 31.7 Å². The minimum atomic E-state index is 0.958. The van der Waals surface area contributed by atoms with Gasteiger partial charge in [-0.2, -0.15) is 12.6 Å². The fourth-order valence-electron chi connectivity index (χ4n) is 1.89. The molecule has 0 aliphatic heterocycles. The molecule has 0 atom stereocenters. The number of para-hydroxylation sites is 1. The highest BCUT2D eigenvalue weighted by Gasteiger charge is 2.01. The highest BCUT2D eigenvalue weighted by atomic mass is 32.1. The SMILES string of the molecule is SCCCNCCc1c[nH]c2ccccc12. The number of benzene rings is 1. The molecule has 3 heteroatoms. The van der Waals surface area contributed by atoms with Gasteiger partial charge in [0.15, 0.2) is 0 Å². The van der Waals surface area contributed by atoms with Crippen LogP contribution in [0.1, 0.15) is 12.0 Å². The Balaban J connectivity index is 1.89. The highest BCUT2D eigenvalue weighted by Crippen LogP contribution is 2.17. The summed E-state index contributed by atoms with van der Waals surface area (Å²) in [5.74, 6) is 0.958. The molecule has 2 aromatic rings. The first-order valence-electron chi connectivity index (χ1n) is 5.78. The van der Waals surface area contributed by atoms with Crippen molar-refractivity contribution in [3.05, 3.63) is 36.0 Å². The Labute approximate surface area is 102 Å². The number of hydrogen-bond donors (Lipinski definition) is 3. The fraction of sp³-hybridized carbons (Fsp3) is 0.385. The first-order valence-corrected chi connectivity index (χ1v) is 6.41. The number of aromatic amines is 1. The lowest BCUT2D eigenvalue weighted by Crippen LogP contribution is -2.18. The summed E-state index contributed by atoms with van der Waals surface area (Å²) >= 11 is 4.19. The van der Waals surface area contributed by atoms with Crippen LogP contribution in [-0.2, 0) is 6.42 Å². The van der Waals surface area contributed by atoms with Crippen molar-refractivity contribution in [3.8, 4) is 0 Å². The molecule has 0 saturated carbocycles. The minimum absolute atomic E-state index is 0.958. The van der Waals surface area contributed by atoms with Gasteiger partial charge in [0.05, 0.1) is 0 Å². The van der Waals surface area contributed by atoms with Gasteiger partial charge < -0.3 is 10.3 Å². The van der Waals surface area contributed by atoms with E-state index in [1.165, 1.54) is 16.5 Å². The Morgan fingerprint density at radius 1 is 1.19 bits per heavy atom. The van der Waals surface area contributed by atoms with Crippen LogP contribution in [0.25, 0.3) is 10.9 Å². The molecule has 0 radical (unpaired) electrons. The van der Waals surface area contributed by atoms with Crippen LogP contribution in [0.2, 0.25) is 0 Å². The molecule has 0 unspecified atom stereocenters. The number of H-pyrrole nitrogens is 1. The lowest BCUT2D eigenvalue weighted by Gasteiger charge is -2.02. The largest absolute Gasteiger partial charge is 0.361 e. The van der Waals surface area contributed by atoms with Crippen molar-refractivity contribution >= 4 is 23.5 Å². The van der Waals surface area contributed by atoms with E-state index in [-0.39, 0.29) is 0 Å². The highest BCUT2D eigenvalue weighted by molar-refractivity contribution is 7.80. The van der Waals surface area contributed by atoms with Crippen molar-refractivity contribution in [1.82, 2.24) is 10.3 Å². The number of nitrogens with one attached hydrogen (secondary N) is 2. The maximum Gasteiger partial charge on any atom is 0.0456 e. The van der Waals surface area contributed by atoms with Gasteiger partial charge in [-0.25, -0.2) is 0 Å². The number of fused-ring (bicyclic) bond motifs is 1. The minimum Gasteiger partial charge on any atom is -0.361 e. The molecular formula is C13H18N2S. The summed E-state index contributed by atoms with van der Waals surface area (Å²) in [7, 11) is 0. The average molecular weight is 234 g/mol. The molecule has 2 nitrogen and oxygen atoms in total. The Morgan fingerprint density at radius 2 is 2.06 bits per heavy atom. The summed E-state index contributed by atoms with van der Waals surface area (Å²) in [6.07, 6.45) is 4.33. The first-order chi connectivity index (χ1) is 7.92. The van der Waals surface area contributed by atoms with Crippen LogP contribution in [0, 0.1) is 0 Å². The van der Waals surface area contributed by atoms with Gasteiger partial charge in [0.25, 0.3) is 0 Å². The molecule has 0 fully saturated rings. The normalized spacial score (nSPS) is 11.1. The van der Waals surface area contributed by atoms with Crippen LogP contribution >= 0.6 is 12.6 Å². The van der Waals surface area contributed by atoms with E-state index in [2.05, 4.69) is 53.4 Å². The first kappa shape index (κ1) is 11.6. The topological polar surface area (TPSA) is 27.8 Å². The Morgan fingerprint density at radius 3 is 2.94 bits per heavy atom. The molecule has 86 valence electrons. The predicted octanol–water partition coefficient (Wildman–Crippen LogP) is 2.62. The van der Waals surface area contributed by atoms with Crippen LogP contribution in [0.5, 0.6) is 0 Å². The Bertz CT molecular complexity index is 436. The fourth-order valence-corrected chi connectivity index (χ4v) is 2.05. The molecule has 16 heavy (non-hydrogen) atoms. The third kappa shape index (κ3) is 2.80. The van der Waals surface area contributed by atoms with Crippen molar-refractivity contribution in [2.45, 2.75) is 12.8 Å². The standard InChI is InChI=1S/C13H18N2S/c16-9-3-7-14-8-6-11-10-15-13-5-2-1-4-12(11)13/h1-2,4-5,10,14-16H,3,6-9H2. The molecule has 2 rings (SSSR count). The van der Waals surface area contributed by atoms with E-state index in [1.54, 1.807) is 0 Å². The van der Waals surface area contributed by atoms with Crippen molar-refractivity contribution in [2.75, 3.05) is 18.8 Å². The molecule has 1 aromatic carbocycles. The third-order valence-corrected chi connectivity index (χ3v) is 3.07. The Kier molecular flexibility index (Phi) is 4.31. The second kappa shape index (κ2) is 5.97. The summed E-state index contributed by atoms with van der Waals surface area (Å²) in [5, 5.41) is 4.77. The van der Waals surface area contributed by atoms with E-state index in [9.17, 15) is 0 Å². The van der Waals surface area contributed by atoms with Crippen LogP contribution in [0.15, 0.2) is 30.5 Å². The van der Waals surface area contributed by atoms with Crippen molar-refractivity contribution in [2.24, 2.45) is 0 Å². The number of hydrogen-bond acceptors (Lipinski definition) is 2. The van der Waals surface area contributed by atoms with Crippen LogP contribution in [0.4, 0.5) is 0 Å². The number of rotatable bonds is 6. The second-order valence-electron chi connectivity index (χ2n) is 3.94. The van der Waals surface area contributed by atoms with Crippen LogP contribution in [0.3, 0.4) is 0 Å². The van der Waals surface area contributed by atoms with E-state index in [4.69, 9.17) is 0 Å². The van der Waals surface area contributed by atoms with Gasteiger partial charge in [0, 0.05) is 17.1 Å². The lowest BCUT2D eigenvalue weighted by atomic mass is 10.1. The summed E-state index contributed by atoms with van der Waals surface area (Å²) in [6, 6.07) is 8.45. The van der Waals surface area contributed by atoms with Crippen molar-refractivity contribution in [3.63, 3.8) is 0 Å². The van der Waals surface area contributed by atoms with Crippen LogP contribution < -0.4 is 5.32 Å². The van der Waals surface area contributed by atoms with Crippen LogP contribution in [-0.4, -0.2) is 23.8 Å². The lowest BCUT2D eigenvalue weighted by molar-refractivity contribution is 0.676. The van der Waals surface area contributed by atoms with Gasteiger partial charge in [-0.3, -0.25) is 0 Å². The second-order valence-corrected chi connectivity index (χ2v) is 4.38. The van der Waals surface area contributed by atoms with E-state index in [0.29, 0.717) is 0 Å². The van der Waals surface area contributed by atoms with Gasteiger partial charge in [-0.1, -0.05) is 18.2 Å². The maximum atomic E-state index is 4.19. The molecule has 1 heterocycles. The Hall–Kier alpha value is -0.930. The summed E-state index contributed by atoms with van der Waals surface area (Å²) in [4.78, 5) is 3.30. The van der Waals surface area contributed by atoms with Gasteiger partial charge in [0.2, 0.25) is 0 Å². The zero-order valence-corrected chi connectivity index (χ0v) is 10.3. The monoisotopic (exact) mass is 234 g/mol. The maximum absolute atomic E-state index is 4.19. The molecular weight excluding hydrogens is 216 g/mol. The van der Waals surface area contributed by atoms with E-state index < -0.39 is 0 Å². The zero-order chi connectivity index (χ0) is 11.2. The predicted molar refractivity (Wildman–Crippen MR) is 73.3 cm³/mol. The summed E-state index contributed by atoms with van der Waals surface area (Å²) in [6.45, 7) is 2.10. The van der Waals surface area contributed by atoms with E-state index >= 15 is 0 Å². The number of aromatic nitrogens is 1. The average Bonchev–Trinajstić information content (AvgIpc) is 2.73. The quantitative estimate of drug-likeness (QED) is 0.520. The molecule has 0 bridgehead atoms. The van der Waals surface area contributed by atoms with Gasteiger partial charge in [0.1, 0.15) is 0 Å². The molecule has 0 amide bonds. The molecule has 0 aliphatic carbocycles. The zero-order valence-electron chi connectivity index (χ0n) is 9.37. The van der Waals surface area contributed by atoms with Crippen molar-refractivity contribution < 1.29 is 0 Å². The molecule has 2 N–H and O–H groups in total. The molecule has 0 saturated heterocycles. The third-order valence-electron chi connectivity index (χ3n) is 2.76. The summed E-state index contributed by atoms with van der Waals surface area (Å²) in [5.41, 5.74) is 2.63.